The van der Waals surface area contributed by atoms with Crippen LogP contribution in [0.25, 0.3) is 5.69 Å². The number of benzene rings is 1. The highest BCUT2D eigenvalue weighted by Gasteiger charge is 2.33. The Kier molecular flexibility index (Phi) is 2.93. The number of aromatic nitrogens is 2. The number of alkyl halides is 3. The molecule has 1 aromatic carbocycles. The second-order valence-electron chi connectivity index (χ2n) is 3.78. The lowest BCUT2D eigenvalue weighted by molar-refractivity contribution is -0.141. The average Bonchev–Trinajstić information content (AvgIpc) is 2.78. The van der Waals surface area contributed by atoms with Crippen LogP contribution in [0.3, 0.4) is 0 Å². The predicted molar refractivity (Wildman–Crippen MR) is 61.5 cm³/mol. The van der Waals surface area contributed by atoms with E-state index in [0.717, 1.165) is 16.9 Å². The fraction of sp³-hybridized carbons (Fsp3) is 0.0909. The first-order valence-electron chi connectivity index (χ1n) is 5.11. The van der Waals surface area contributed by atoms with Crippen molar-refractivity contribution in [3.05, 3.63) is 41.7 Å². The van der Waals surface area contributed by atoms with Gasteiger partial charge in [-0.25, -0.2) is 4.68 Å². The summed E-state index contributed by atoms with van der Waals surface area (Å²) in [5.74, 6) is -0.762. The third-order valence-corrected chi connectivity index (χ3v) is 2.45. The summed E-state index contributed by atoms with van der Waals surface area (Å²) in [7, 11) is 0. The van der Waals surface area contributed by atoms with E-state index in [1.54, 1.807) is 0 Å². The Morgan fingerprint density at radius 2 is 1.95 bits per heavy atom. The first-order chi connectivity index (χ1) is 8.79. The monoisotopic (exact) mass is 270 g/mol. The molecule has 0 spiro atoms. The molecule has 0 radical (unpaired) electrons. The van der Waals surface area contributed by atoms with Gasteiger partial charge in [0, 0.05) is 11.9 Å². The molecule has 19 heavy (non-hydrogen) atoms. The molecule has 1 heterocycles. The number of hydrogen-bond donors (Lipinski definition) is 2. The predicted octanol–water partition coefficient (Wildman–Crippen LogP) is 1.57. The molecule has 0 saturated heterocycles. The van der Waals surface area contributed by atoms with Gasteiger partial charge < -0.3 is 11.5 Å². The maximum Gasteiger partial charge on any atom is 0.435 e. The molecule has 0 aliphatic carbocycles. The molecular weight excluding hydrogens is 261 g/mol. The van der Waals surface area contributed by atoms with Crippen LogP contribution in [0.2, 0.25) is 0 Å². The van der Waals surface area contributed by atoms with E-state index in [1.807, 2.05) is 0 Å². The largest absolute Gasteiger partial charge is 0.435 e. The number of hydrogen-bond acceptors (Lipinski definition) is 3. The van der Waals surface area contributed by atoms with Gasteiger partial charge in [-0.3, -0.25) is 4.79 Å². The lowest BCUT2D eigenvalue weighted by atomic mass is 10.1. The molecule has 1 aromatic heterocycles. The zero-order valence-corrected chi connectivity index (χ0v) is 9.48. The van der Waals surface area contributed by atoms with E-state index in [1.165, 1.54) is 18.2 Å². The van der Waals surface area contributed by atoms with Crippen molar-refractivity contribution in [3.8, 4) is 5.69 Å². The highest BCUT2D eigenvalue weighted by atomic mass is 19.4. The second kappa shape index (κ2) is 4.30. The fourth-order valence-electron chi connectivity index (χ4n) is 1.52. The highest BCUT2D eigenvalue weighted by molar-refractivity contribution is 5.98. The Hall–Kier alpha value is -2.51. The summed E-state index contributed by atoms with van der Waals surface area (Å²) in [6.07, 6.45) is -3.38. The van der Waals surface area contributed by atoms with Gasteiger partial charge in [0.2, 0.25) is 0 Å². The van der Waals surface area contributed by atoms with Crippen LogP contribution in [0, 0.1) is 0 Å². The minimum absolute atomic E-state index is 0.0292. The van der Waals surface area contributed by atoms with Gasteiger partial charge in [0.15, 0.2) is 5.69 Å². The number of amides is 1. The molecule has 100 valence electrons. The minimum Gasteiger partial charge on any atom is -0.398 e. The summed E-state index contributed by atoms with van der Waals surface area (Å²) < 4.78 is 38.3. The van der Waals surface area contributed by atoms with E-state index < -0.39 is 17.8 Å². The summed E-state index contributed by atoms with van der Waals surface area (Å²) in [6.45, 7) is 0. The Balaban J connectivity index is 2.45. The average molecular weight is 270 g/mol. The SMILES string of the molecule is NC(=O)c1cc(-n2ccc(C(F)(F)F)n2)ccc1N. The number of halogens is 3. The number of nitrogen functional groups attached to an aromatic ring is 1. The number of carbonyl (C=O) groups is 1. The van der Waals surface area contributed by atoms with Crippen molar-refractivity contribution >= 4 is 11.6 Å². The number of carbonyl (C=O) groups excluding carboxylic acids is 1. The van der Waals surface area contributed by atoms with Gasteiger partial charge in [0.25, 0.3) is 5.91 Å². The first kappa shape index (κ1) is 12.9. The lowest BCUT2D eigenvalue weighted by Gasteiger charge is -2.06. The van der Waals surface area contributed by atoms with E-state index in [0.29, 0.717) is 0 Å². The Morgan fingerprint density at radius 3 is 2.47 bits per heavy atom. The van der Waals surface area contributed by atoms with Crippen LogP contribution in [0.15, 0.2) is 30.5 Å². The maximum atomic E-state index is 12.4. The van der Waals surface area contributed by atoms with Crippen LogP contribution < -0.4 is 11.5 Å². The minimum atomic E-state index is -4.52. The molecule has 2 rings (SSSR count). The van der Waals surface area contributed by atoms with E-state index in [9.17, 15) is 18.0 Å². The van der Waals surface area contributed by atoms with E-state index >= 15 is 0 Å². The molecule has 0 bridgehead atoms. The van der Waals surface area contributed by atoms with E-state index in [4.69, 9.17) is 11.5 Å². The summed E-state index contributed by atoms with van der Waals surface area (Å²) in [5, 5.41) is 3.38. The van der Waals surface area contributed by atoms with E-state index in [2.05, 4.69) is 5.10 Å². The number of primary amides is 1. The van der Waals surface area contributed by atoms with Crippen molar-refractivity contribution in [2.75, 3.05) is 5.73 Å². The van der Waals surface area contributed by atoms with Crippen molar-refractivity contribution in [2.24, 2.45) is 5.73 Å². The molecular formula is C11H9F3N4O. The molecule has 0 aliphatic rings. The Bertz CT molecular complexity index is 633. The molecule has 5 nitrogen and oxygen atoms in total. The quantitative estimate of drug-likeness (QED) is 0.812. The van der Waals surface area contributed by atoms with Gasteiger partial charge in [-0.2, -0.15) is 18.3 Å². The molecule has 0 aliphatic heterocycles. The Labute approximate surface area is 105 Å². The molecule has 8 heteroatoms. The molecule has 4 N–H and O–H groups in total. The molecule has 0 atom stereocenters. The maximum absolute atomic E-state index is 12.4. The normalized spacial score (nSPS) is 11.5. The van der Waals surface area contributed by atoms with Crippen molar-refractivity contribution in [3.63, 3.8) is 0 Å². The van der Waals surface area contributed by atoms with Gasteiger partial charge in [0.1, 0.15) is 0 Å². The molecule has 0 fully saturated rings. The van der Waals surface area contributed by atoms with Gasteiger partial charge in [-0.05, 0) is 24.3 Å². The van der Waals surface area contributed by atoms with Crippen molar-refractivity contribution in [2.45, 2.75) is 6.18 Å². The molecule has 2 aromatic rings. The molecule has 1 amide bonds. The van der Waals surface area contributed by atoms with Gasteiger partial charge in [0.05, 0.1) is 11.3 Å². The summed E-state index contributed by atoms with van der Waals surface area (Å²) >= 11 is 0. The van der Waals surface area contributed by atoms with Crippen LogP contribution in [-0.4, -0.2) is 15.7 Å². The highest BCUT2D eigenvalue weighted by Crippen LogP contribution is 2.28. The van der Waals surface area contributed by atoms with Crippen molar-refractivity contribution in [1.82, 2.24) is 9.78 Å². The van der Waals surface area contributed by atoms with Crippen LogP contribution in [0.5, 0.6) is 0 Å². The van der Waals surface area contributed by atoms with Crippen LogP contribution >= 0.6 is 0 Å². The van der Waals surface area contributed by atoms with Crippen molar-refractivity contribution in [1.29, 1.82) is 0 Å². The number of rotatable bonds is 2. The van der Waals surface area contributed by atoms with Crippen molar-refractivity contribution < 1.29 is 18.0 Å². The van der Waals surface area contributed by atoms with Gasteiger partial charge >= 0.3 is 6.18 Å². The van der Waals surface area contributed by atoms with Crippen LogP contribution in [0.4, 0.5) is 18.9 Å². The second-order valence-corrected chi connectivity index (χ2v) is 3.78. The Morgan fingerprint density at radius 1 is 1.26 bits per heavy atom. The van der Waals surface area contributed by atoms with E-state index in [-0.39, 0.29) is 16.9 Å². The molecule has 0 saturated carbocycles. The zero-order valence-electron chi connectivity index (χ0n) is 9.48. The third-order valence-electron chi connectivity index (χ3n) is 2.45. The number of anilines is 1. The van der Waals surface area contributed by atoms with Crippen LogP contribution in [-0.2, 0) is 6.18 Å². The first-order valence-corrected chi connectivity index (χ1v) is 5.11. The summed E-state index contributed by atoms with van der Waals surface area (Å²) in [6, 6.07) is 4.93. The topological polar surface area (TPSA) is 86.9 Å². The van der Waals surface area contributed by atoms with Crippen LogP contribution in [0.1, 0.15) is 16.1 Å². The summed E-state index contributed by atoms with van der Waals surface area (Å²) in [5.41, 5.74) is 10.1. The van der Waals surface area contributed by atoms with Gasteiger partial charge in [-0.15, -0.1) is 0 Å². The fourth-order valence-corrected chi connectivity index (χ4v) is 1.52. The zero-order chi connectivity index (χ0) is 14.2. The van der Waals surface area contributed by atoms with Gasteiger partial charge in [-0.1, -0.05) is 0 Å². The number of nitrogens with two attached hydrogens (primary N) is 2. The number of nitrogens with zero attached hydrogens (tertiary/aromatic N) is 2. The summed E-state index contributed by atoms with van der Waals surface area (Å²) in [4.78, 5) is 11.1. The standard InChI is InChI=1S/C11H9F3N4O/c12-11(13,14)9-3-4-18(17-9)6-1-2-8(15)7(5-6)10(16)19/h1-5H,15H2,(H2,16,19). The third kappa shape index (κ3) is 2.51. The lowest BCUT2D eigenvalue weighted by Crippen LogP contribution is -2.14. The smallest absolute Gasteiger partial charge is 0.398 e. The molecule has 0 unspecified atom stereocenters.